The third-order valence-electron chi connectivity index (χ3n) is 2.28. The summed E-state index contributed by atoms with van der Waals surface area (Å²) in [5.74, 6) is 2.63. The van der Waals surface area contributed by atoms with Crippen LogP contribution in [0.4, 0.5) is 0 Å². The van der Waals surface area contributed by atoms with Crippen LogP contribution in [-0.4, -0.2) is 19.5 Å². The van der Waals surface area contributed by atoms with Crippen LogP contribution in [0.2, 0.25) is 0 Å². The molecule has 0 aromatic carbocycles. The number of allylic oxidation sites excluding steroid dienone is 1. The first-order chi connectivity index (χ1) is 6.83. The first-order valence-electron chi connectivity index (χ1n) is 5.16. The zero-order valence-corrected chi connectivity index (χ0v) is 8.63. The van der Waals surface area contributed by atoms with Gasteiger partial charge in [-0.05, 0) is 19.3 Å². The zero-order valence-electron chi connectivity index (χ0n) is 8.63. The lowest BCUT2D eigenvalue weighted by Crippen LogP contribution is -2.07. The van der Waals surface area contributed by atoms with Gasteiger partial charge >= 0.3 is 0 Å². The SMILES string of the molecule is C#CCCCC(=C)CCC1OCCO1. The summed E-state index contributed by atoms with van der Waals surface area (Å²) < 4.78 is 10.7. The third-order valence-corrected chi connectivity index (χ3v) is 2.28. The molecule has 2 heteroatoms. The Morgan fingerprint density at radius 2 is 2.07 bits per heavy atom. The average molecular weight is 194 g/mol. The van der Waals surface area contributed by atoms with Crippen molar-refractivity contribution in [2.75, 3.05) is 13.2 Å². The van der Waals surface area contributed by atoms with E-state index >= 15 is 0 Å². The van der Waals surface area contributed by atoms with E-state index in [-0.39, 0.29) is 6.29 Å². The lowest BCUT2D eigenvalue weighted by Gasteiger charge is -2.09. The summed E-state index contributed by atoms with van der Waals surface area (Å²) in [6.45, 7) is 5.47. The average Bonchev–Trinajstić information content (AvgIpc) is 2.68. The molecular weight excluding hydrogens is 176 g/mol. The largest absolute Gasteiger partial charge is 0.350 e. The molecule has 0 spiro atoms. The Hall–Kier alpha value is -0.780. The minimum atomic E-state index is -0.000571. The maximum atomic E-state index is 5.33. The van der Waals surface area contributed by atoms with Crippen LogP contribution in [0.5, 0.6) is 0 Å². The first-order valence-corrected chi connectivity index (χ1v) is 5.16. The van der Waals surface area contributed by atoms with Crippen molar-refractivity contribution in [2.24, 2.45) is 0 Å². The quantitative estimate of drug-likeness (QED) is 0.367. The van der Waals surface area contributed by atoms with Gasteiger partial charge in [0.25, 0.3) is 0 Å². The van der Waals surface area contributed by atoms with Gasteiger partial charge in [-0.3, -0.25) is 0 Å². The highest BCUT2D eigenvalue weighted by atomic mass is 16.7. The van der Waals surface area contributed by atoms with E-state index in [0.717, 1.165) is 45.3 Å². The predicted octanol–water partition coefficient (Wildman–Crippen LogP) is 2.50. The van der Waals surface area contributed by atoms with Gasteiger partial charge < -0.3 is 9.47 Å². The molecule has 0 radical (unpaired) electrons. The monoisotopic (exact) mass is 194 g/mol. The summed E-state index contributed by atoms with van der Waals surface area (Å²) in [4.78, 5) is 0. The van der Waals surface area contributed by atoms with Crippen molar-refractivity contribution in [3.63, 3.8) is 0 Å². The number of unbranched alkanes of at least 4 members (excludes halogenated alkanes) is 1. The van der Waals surface area contributed by atoms with E-state index in [1.807, 2.05) is 0 Å². The van der Waals surface area contributed by atoms with E-state index in [9.17, 15) is 0 Å². The molecule has 0 bridgehead atoms. The van der Waals surface area contributed by atoms with Crippen LogP contribution in [0.1, 0.15) is 32.1 Å². The van der Waals surface area contributed by atoms with Gasteiger partial charge in [-0.25, -0.2) is 0 Å². The van der Waals surface area contributed by atoms with Crippen LogP contribution in [0.15, 0.2) is 12.2 Å². The molecule has 0 amide bonds. The summed E-state index contributed by atoms with van der Waals surface area (Å²) in [5, 5.41) is 0. The Bertz CT molecular complexity index is 209. The Labute approximate surface area is 86.3 Å². The summed E-state index contributed by atoms with van der Waals surface area (Å²) in [7, 11) is 0. The molecule has 0 atom stereocenters. The summed E-state index contributed by atoms with van der Waals surface area (Å²) in [6, 6.07) is 0. The van der Waals surface area contributed by atoms with Crippen molar-refractivity contribution in [3.8, 4) is 12.3 Å². The molecule has 0 saturated carbocycles. The molecule has 1 aliphatic heterocycles. The minimum absolute atomic E-state index is 0.000571. The van der Waals surface area contributed by atoms with Gasteiger partial charge in [0.05, 0.1) is 13.2 Å². The molecule has 1 fully saturated rings. The second kappa shape index (κ2) is 6.64. The van der Waals surface area contributed by atoms with E-state index < -0.39 is 0 Å². The van der Waals surface area contributed by atoms with E-state index in [2.05, 4.69) is 12.5 Å². The summed E-state index contributed by atoms with van der Waals surface area (Å²) in [5.41, 5.74) is 1.25. The maximum Gasteiger partial charge on any atom is 0.158 e. The molecule has 78 valence electrons. The second-order valence-electron chi connectivity index (χ2n) is 3.52. The van der Waals surface area contributed by atoms with Crippen molar-refractivity contribution < 1.29 is 9.47 Å². The van der Waals surface area contributed by atoms with Crippen LogP contribution in [-0.2, 0) is 9.47 Å². The molecule has 1 heterocycles. The number of terminal acetylenes is 1. The number of rotatable bonds is 6. The van der Waals surface area contributed by atoms with Gasteiger partial charge in [0.2, 0.25) is 0 Å². The highest BCUT2D eigenvalue weighted by molar-refractivity contribution is 4.95. The minimum Gasteiger partial charge on any atom is -0.350 e. The molecular formula is C12H18O2. The molecule has 14 heavy (non-hydrogen) atoms. The lowest BCUT2D eigenvalue weighted by molar-refractivity contribution is -0.0462. The van der Waals surface area contributed by atoms with Crippen LogP contribution < -0.4 is 0 Å². The Morgan fingerprint density at radius 1 is 1.36 bits per heavy atom. The normalized spacial score (nSPS) is 16.8. The molecule has 1 rings (SSSR count). The Kier molecular flexibility index (Phi) is 5.36. The fourth-order valence-corrected chi connectivity index (χ4v) is 1.46. The van der Waals surface area contributed by atoms with Crippen molar-refractivity contribution in [1.82, 2.24) is 0 Å². The fraction of sp³-hybridized carbons (Fsp3) is 0.667. The molecule has 0 aromatic heterocycles. The maximum absolute atomic E-state index is 5.33. The first kappa shape index (κ1) is 11.3. The van der Waals surface area contributed by atoms with Crippen molar-refractivity contribution in [2.45, 2.75) is 38.4 Å². The van der Waals surface area contributed by atoms with E-state index in [1.54, 1.807) is 0 Å². The van der Waals surface area contributed by atoms with Crippen LogP contribution in [0.25, 0.3) is 0 Å². The fourth-order valence-electron chi connectivity index (χ4n) is 1.46. The van der Waals surface area contributed by atoms with E-state index in [0.29, 0.717) is 0 Å². The molecule has 0 aliphatic carbocycles. The zero-order chi connectivity index (χ0) is 10.2. The second-order valence-corrected chi connectivity index (χ2v) is 3.52. The molecule has 0 unspecified atom stereocenters. The van der Waals surface area contributed by atoms with E-state index in [1.165, 1.54) is 5.57 Å². The van der Waals surface area contributed by atoms with E-state index in [4.69, 9.17) is 15.9 Å². The third kappa shape index (κ3) is 4.45. The standard InChI is InChI=1S/C12H18O2/c1-3-4-5-6-11(2)7-8-12-13-9-10-14-12/h1,12H,2,4-10H2. The number of hydrogen-bond donors (Lipinski definition) is 0. The summed E-state index contributed by atoms with van der Waals surface area (Å²) >= 11 is 0. The Morgan fingerprint density at radius 3 is 2.71 bits per heavy atom. The van der Waals surface area contributed by atoms with Crippen LogP contribution >= 0.6 is 0 Å². The van der Waals surface area contributed by atoms with Gasteiger partial charge in [-0.15, -0.1) is 12.3 Å². The topological polar surface area (TPSA) is 18.5 Å². The Balaban J connectivity index is 2.00. The van der Waals surface area contributed by atoms with Crippen molar-refractivity contribution >= 4 is 0 Å². The van der Waals surface area contributed by atoms with Crippen molar-refractivity contribution in [1.29, 1.82) is 0 Å². The van der Waals surface area contributed by atoms with Gasteiger partial charge in [0, 0.05) is 12.8 Å². The van der Waals surface area contributed by atoms with Gasteiger partial charge in [-0.1, -0.05) is 12.2 Å². The van der Waals surface area contributed by atoms with Crippen molar-refractivity contribution in [3.05, 3.63) is 12.2 Å². The lowest BCUT2D eigenvalue weighted by atomic mass is 10.1. The molecule has 1 aliphatic rings. The number of hydrogen-bond acceptors (Lipinski definition) is 2. The summed E-state index contributed by atoms with van der Waals surface area (Å²) in [6.07, 6.45) is 9.99. The van der Waals surface area contributed by atoms with Gasteiger partial charge in [0.1, 0.15) is 0 Å². The van der Waals surface area contributed by atoms with Gasteiger partial charge in [-0.2, -0.15) is 0 Å². The molecule has 2 nitrogen and oxygen atoms in total. The molecule has 1 saturated heterocycles. The van der Waals surface area contributed by atoms with Gasteiger partial charge in [0.15, 0.2) is 6.29 Å². The number of ether oxygens (including phenoxy) is 2. The van der Waals surface area contributed by atoms with Crippen LogP contribution in [0, 0.1) is 12.3 Å². The molecule has 0 N–H and O–H groups in total. The highest BCUT2D eigenvalue weighted by Crippen LogP contribution is 2.16. The predicted molar refractivity (Wildman–Crippen MR) is 56.8 cm³/mol. The van der Waals surface area contributed by atoms with Crippen LogP contribution in [0.3, 0.4) is 0 Å². The molecule has 0 aromatic rings. The highest BCUT2D eigenvalue weighted by Gasteiger charge is 2.15. The smallest absolute Gasteiger partial charge is 0.158 e.